The summed E-state index contributed by atoms with van der Waals surface area (Å²) in [5.41, 5.74) is 12.3. The van der Waals surface area contributed by atoms with Crippen LogP contribution in [0.15, 0.2) is 24.3 Å². The summed E-state index contributed by atoms with van der Waals surface area (Å²) < 4.78 is 21.4. The van der Waals surface area contributed by atoms with E-state index in [0.29, 0.717) is 17.0 Å². The van der Waals surface area contributed by atoms with Crippen LogP contribution < -0.4 is 11.5 Å². The molecule has 0 amide bonds. The molecular weight excluding hydrogens is 254 g/mol. The van der Waals surface area contributed by atoms with Crippen LogP contribution in [0.2, 0.25) is 0 Å². The third-order valence-electron chi connectivity index (χ3n) is 2.17. The third-order valence-corrected chi connectivity index (χ3v) is 2.79. The molecule has 4 N–H and O–H groups in total. The van der Waals surface area contributed by atoms with E-state index in [-0.39, 0.29) is 17.6 Å². The Morgan fingerprint density at radius 1 is 1.06 bits per heavy atom. The fourth-order valence-corrected chi connectivity index (χ4v) is 1.99. The number of nitrogens with two attached hydrogens (primary N) is 2. The third kappa shape index (κ3) is 2.92. The molecule has 0 saturated carbocycles. The normalized spacial score (nSPS) is 10.7. The zero-order valence-corrected chi connectivity index (χ0v) is 10.2. The number of anilines is 2. The standard InChI is InChI=1S/C10H11N5O2S/c11-9-13-8(14-10(12)15-9)7-3-1-2-6(4-7)5-18(16)17/h1-4,18H,5H2,(H4,11,12,13,14,15). The molecule has 2 rings (SSSR count). The second-order valence-corrected chi connectivity index (χ2v) is 4.55. The van der Waals surface area contributed by atoms with E-state index >= 15 is 0 Å². The van der Waals surface area contributed by atoms with Gasteiger partial charge in [-0.2, -0.15) is 15.0 Å². The minimum absolute atomic E-state index is 0.0257. The molecule has 0 fully saturated rings. The van der Waals surface area contributed by atoms with Gasteiger partial charge >= 0.3 is 0 Å². The lowest BCUT2D eigenvalue weighted by Crippen LogP contribution is -2.04. The summed E-state index contributed by atoms with van der Waals surface area (Å²) in [6, 6.07) is 6.86. The first-order chi connectivity index (χ1) is 8.54. The van der Waals surface area contributed by atoms with Crippen LogP contribution in [-0.4, -0.2) is 23.4 Å². The summed E-state index contributed by atoms with van der Waals surface area (Å²) >= 11 is 0. The van der Waals surface area contributed by atoms with Crippen LogP contribution in [0, 0.1) is 0 Å². The maximum Gasteiger partial charge on any atom is 0.225 e. The van der Waals surface area contributed by atoms with Crippen LogP contribution in [-0.2, 0) is 16.5 Å². The van der Waals surface area contributed by atoms with Crippen molar-refractivity contribution in [2.45, 2.75) is 5.75 Å². The Bertz CT molecular complexity index is 628. The lowest BCUT2D eigenvalue weighted by molar-refractivity contribution is 0.614. The van der Waals surface area contributed by atoms with Crippen LogP contribution in [0.5, 0.6) is 0 Å². The highest BCUT2D eigenvalue weighted by atomic mass is 32.2. The largest absolute Gasteiger partial charge is 0.368 e. The van der Waals surface area contributed by atoms with Gasteiger partial charge in [0.25, 0.3) is 0 Å². The second-order valence-electron chi connectivity index (χ2n) is 3.57. The molecular formula is C10H11N5O2S. The maximum absolute atomic E-state index is 10.7. The molecule has 0 spiro atoms. The number of thiol groups is 1. The monoisotopic (exact) mass is 265 g/mol. The first-order valence-corrected chi connectivity index (χ1v) is 6.39. The minimum atomic E-state index is -2.47. The highest BCUT2D eigenvalue weighted by molar-refractivity contribution is 7.71. The topological polar surface area (TPSA) is 125 Å². The van der Waals surface area contributed by atoms with Crippen molar-refractivity contribution in [1.82, 2.24) is 15.0 Å². The van der Waals surface area contributed by atoms with Gasteiger partial charge in [0.15, 0.2) is 5.82 Å². The van der Waals surface area contributed by atoms with Crippen molar-refractivity contribution in [2.75, 3.05) is 11.5 Å². The van der Waals surface area contributed by atoms with Crippen molar-refractivity contribution in [3.05, 3.63) is 29.8 Å². The van der Waals surface area contributed by atoms with Crippen molar-refractivity contribution < 1.29 is 8.42 Å². The minimum Gasteiger partial charge on any atom is -0.368 e. The fraction of sp³-hybridized carbons (Fsp3) is 0.100. The van der Waals surface area contributed by atoms with E-state index in [2.05, 4.69) is 15.0 Å². The average Bonchev–Trinajstić information content (AvgIpc) is 2.27. The van der Waals surface area contributed by atoms with Crippen molar-refractivity contribution in [1.29, 1.82) is 0 Å². The van der Waals surface area contributed by atoms with Crippen molar-refractivity contribution in [3.8, 4) is 11.4 Å². The zero-order valence-electron chi connectivity index (χ0n) is 9.28. The van der Waals surface area contributed by atoms with Gasteiger partial charge < -0.3 is 11.5 Å². The van der Waals surface area contributed by atoms with E-state index in [1.165, 1.54) is 0 Å². The molecule has 0 unspecified atom stereocenters. The highest BCUT2D eigenvalue weighted by Crippen LogP contribution is 2.18. The van der Waals surface area contributed by atoms with Gasteiger partial charge in [0.05, 0.1) is 5.75 Å². The predicted molar refractivity (Wildman–Crippen MR) is 68.1 cm³/mol. The number of hydrogen-bond acceptors (Lipinski definition) is 7. The van der Waals surface area contributed by atoms with Gasteiger partial charge in [-0.15, -0.1) is 0 Å². The summed E-state index contributed by atoms with van der Waals surface area (Å²) in [5, 5.41) is 0. The molecule has 1 aromatic carbocycles. The van der Waals surface area contributed by atoms with Crippen molar-refractivity contribution in [3.63, 3.8) is 0 Å². The Kier molecular flexibility index (Phi) is 3.38. The Hall–Kier alpha value is -2.22. The molecule has 0 aliphatic heterocycles. The molecule has 0 saturated heterocycles. The number of aromatic nitrogens is 3. The lowest BCUT2D eigenvalue weighted by atomic mass is 10.1. The zero-order chi connectivity index (χ0) is 13.1. The van der Waals surface area contributed by atoms with Gasteiger partial charge in [-0.1, -0.05) is 18.2 Å². The van der Waals surface area contributed by atoms with Crippen molar-refractivity contribution >= 4 is 22.6 Å². The van der Waals surface area contributed by atoms with E-state index in [9.17, 15) is 8.42 Å². The van der Waals surface area contributed by atoms with Crippen LogP contribution in [0.4, 0.5) is 11.9 Å². The molecule has 0 bridgehead atoms. The number of nitrogens with zero attached hydrogens (tertiary/aromatic N) is 3. The smallest absolute Gasteiger partial charge is 0.225 e. The number of rotatable bonds is 3. The van der Waals surface area contributed by atoms with Crippen molar-refractivity contribution in [2.24, 2.45) is 0 Å². The number of hydrogen-bond donors (Lipinski definition) is 3. The molecule has 0 aliphatic rings. The van der Waals surface area contributed by atoms with Gasteiger partial charge in [-0.3, -0.25) is 0 Å². The lowest BCUT2D eigenvalue weighted by Gasteiger charge is -2.03. The van der Waals surface area contributed by atoms with Gasteiger partial charge in [-0.25, -0.2) is 8.42 Å². The van der Waals surface area contributed by atoms with E-state index in [1.54, 1.807) is 24.3 Å². The fourth-order valence-electron chi connectivity index (χ4n) is 1.50. The quantitative estimate of drug-likeness (QED) is 0.657. The number of benzene rings is 1. The molecule has 1 heterocycles. The van der Waals surface area contributed by atoms with E-state index in [0.717, 1.165) is 0 Å². The first kappa shape index (κ1) is 12.2. The highest BCUT2D eigenvalue weighted by Gasteiger charge is 2.06. The van der Waals surface area contributed by atoms with Crippen LogP contribution in [0.25, 0.3) is 11.4 Å². The van der Waals surface area contributed by atoms with Gasteiger partial charge in [-0.05, 0) is 11.6 Å². The molecule has 94 valence electrons. The summed E-state index contributed by atoms with van der Waals surface area (Å²) in [6.45, 7) is 0. The Balaban J connectivity index is 2.44. The molecule has 8 heteroatoms. The average molecular weight is 265 g/mol. The van der Waals surface area contributed by atoms with Gasteiger partial charge in [0.1, 0.15) is 10.7 Å². The van der Waals surface area contributed by atoms with Gasteiger partial charge in [0, 0.05) is 5.56 Å². The Morgan fingerprint density at radius 2 is 1.72 bits per heavy atom. The molecule has 1 aromatic heterocycles. The maximum atomic E-state index is 10.7. The number of nitrogen functional groups attached to an aromatic ring is 2. The molecule has 18 heavy (non-hydrogen) atoms. The summed E-state index contributed by atoms with van der Waals surface area (Å²) in [4.78, 5) is 11.6. The van der Waals surface area contributed by atoms with Crippen LogP contribution in [0.3, 0.4) is 0 Å². The van der Waals surface area contributed by atoms with E-state index < -0.39 is 10.7 Å². The summed E-state index contributed by atoms with van der Waals surface area (Å²) in [6.07, 6.45) is 0. The Morgan fingerprint density at radius 3 is 2.33 bits per heavy atom. The predicted octanol–water partition coefficient (Wildman–Crippen LogP) is -0.186. The molecule has 0 radical (unpaired) electrons. The molecule has 2 aromatic rings. The molecule has 7 nitrogen and oxygen atoms in total. The first-order valence-electron chi connectivity index (χ1n) is 5.03. The van der Waals surface area contributed by atoms with E-state index in [1.807, 2.05) is 0 Å². The van der Waals surface area contributed by atoms with E-state index in [4.69, 9.17) is 11.5 Å². The second kappa shape index (κ2) is 4.96. The van der Waals surface area contributed by atoms with Crippen LogP contribution in [0.1, 0.15) is 5.56 Å². The van der Waals surface area contributed by atoms with Gasteiger partial charge in [0.2, 0.25) is 11.9 Å². The molecule has 0 atom stereocenters. The summed E-state index contributed by atoms with van der Waals surface area (Å²) in [7, 11) is -2.47. The SMILES string of the molecule is Nc1nc(N)nc(-c2cccc(C[SH](=O)=O)c2)n1. The summed E-state index contributed by atoms with van der Waals surface area (Å²) in [5.74, 6) is 0.345. The van der Waals surface area contributed by atoms with Crippen LogP contribution >= 0.6 is 0 Å². The Labute approximate surface area is 105 Å². The molecule has 0 aliphatic carbocycles.